The second-order valence-electron chi connectivity index (χ2n) is 14.4. The standard InChI is InChI=1S/C42H41F3N6O4/c1-47-14-13-27-20-31(23-46-40(27)47)51(30-8-10-33(52)11-9-30)42(54)36-22-37(48(2)38(36)39(44)45)35-21-29(43)7-12-34(35)41(53)50-24-28-6-4-3-5-26(28)19-32(50)25-49-15-17-55-18-16-49/h3-12,20-23,32,39,52H,13-19,24-25H2,1-2H3/t32-/m0/s1. The Balaban J connectivity index is 1.21. The number of nitrogens with zero attached hydrogens (tertiary/aromatic N) is 6. The second kappa shape index (κ2) is 14.9. The zero-order chi connectivity index (χ0) is 38.4. The van der Waals surface area contributed by atoms with Crippen LogP contribution in [0, 0.1) is 5.82 Å². The molecule has 0 unspecified atom stereocenters. The summed E-state index contributed by atoms with van der Waals surface area (Å²) in [7, 11) is 3.31. The van der Waals surface area contributed by atoms with E-state index in [1.165, 1.54) is 71.2 Å². The van der Waals surface area contributed by atoms with E-state index in [1.807, 2.05) is 36.2 Å². The number of carbonyl (C=O) groups excluding carboxylic acids is 2. The summed E-state index contributed by atoms with van der Waals surface area (Å²) in [6.45, 7) is 4.35. The number of hydrogen-bond donors (Lipinski definition) is 1. The van der Waals surface area contributed by atoms with Crippen LogP contribution in [0.5, 0.6) is 5.75 Å². The Kier molecular flexibility index (Phi) is 9.82. The SMILES string of the molecule is CN1CCc2cc(N(C(=O)c3cc(-c4cc(F)ccc4C(=O)N4Cc5ccccc5C[C@H]4CN4CCOCC4)n(C)c3C(F)F)c3ccc(O)cc3)cnc21. The molecule has 55 heavy (non-hydrogen) atoms. The minimum Gasteiger partial charge on any atom is -0.508 e. The van der Waals surface area contributed by atoms with Gasteiger partial charge in [0, 0.05) is 75.4 Å². The summed E-state index contributed by atoms with van der Waals surface area (Å²) in [5.41, 5.74) is 3.14. The number of benzene rings is 3. The van der Waals surface area contributed by atoms with Gasteiger partial charge in [0.05, 0.1) is 36.4 Å². The van der Waals surface area contributed by atoms with Crippen molar-refractivity contribution in [1.82, 2.24) is 19.4 Å². The highest BCUT2D eigenvalue weighted by molar-refractivity contribution is 6.12. The lowest BCUT2D eigenvalue weighted by Crippen LogP contribution is -2.52. The van der Waals surface area contributed by atoms with Crippen molar-refractivity contribution in [3.05, 3.63) is 124 Å². The summed E-state index contributed by atoms with van der Waals surface area (Å²) in [4.78, 5) is 41.4. The summed E-state index contributed by atoms with van der Waals surface area (Å²) in [6, 6.07) is 20.5. The molecule has 0 aliphatic carbocycles. The molecule has 5 aromatic rings. The van der Waals surface area contributed by atoms with Gasteiger partial charge in [0.25, 0.3) is 18.2 Å². The molecule has 13 heteroatoms. The van der Waals surface area contributed by atoms with Gasteiger partial charge in [-0.05, 0) is 84.1 Å². The Morgan fingerprint density at radius 2 is 1.65 bits per heavy atom. The largest absolute Gasteiger partial charge is 0.508 e. The van der Waals surface area contributed by atoms with Crippen LogP contribution in [0.3, 0.4) is 0 Å². The Morgan fingerprint density at radius 3 is 2.40 bits per heavy atom. The Labute approximate surface area is 317 Å². The zero-order valence-corrected chi connectivity index (χ0v) is 30.6. The number of pyridine rings is 1. The minimum atomic E-state index is -3.10. The van der Waals surface area contributed by atoms with E-state index in [4.69, 9.17) is 4.74 Å². The number of likely N-dealkylation sites (N-methyl/N-ethyl adjacent to an activating group) is 1. The van der Waals surface area contributed by atoms with Crippen LogP contribution in [0.4, 0.5) is 30.4 Å². The Morgan fingerprint density at radius 1 is 0.909 bits per heavy atom. The fourth-order valence-electron chi connectivity index (χ4n) is 8.09. The van der Waals surface area contributed by atoms with Crippen LogP contribution in [0.15, 0.2) is 85.1 Å². The van der Waals surface area contributed by atoms with Crippen LogP contribution in [0.25, 0.3) is 11.3 Å². The number of carbonyl (C=O) groups is 2. The maximum Gasteiger partial charge on any atom is 0.279 e. The number of ether oxygens (including phenoxy) is 1. The first-order valence-corrected chi connectivity index (χ1v) is 18.4. The minimum absolute atomic E-state index is 0.0344. The van der Waals surface area contributed by atoms with E-state index in [1.54, 1.807) is 4.90 Å². The van der Waals surface area contributed by atoms with Crippen LogP contribution in [-0.2, 0) is 31.2 Å². The van der Waals surface area contributed by atoms with Crippen LogP contribution in [0.2, 0.25) is 0 Å². The number of aromatic nitrogens is 2. The smallest absolute Gasteiger partial charge is 0.279 e. The molecule has 3 aliphatic rings. The number of halogens is 3. The third-order valence-electron chi connectivity index (χ3n) is 11.0. The summed E-state index contributed by atoms with van der Waals surface area (Å²) in [5.74, 6) is -1.07. The number of phenols is 1. The van der Waals surface area contributed by atoms with Gasteiger partial charge in [-0.1, -0.05) is 24.3 Å². The molecule has 0 saturated carbocycles. The van der Waals surface area contributed by atoms with Gasteiger partial charge >= 0.3 is 0 Å². The van der Waals surface area contributed by atoms with E-state index in [0.29, 0.717) is 50.5 Å². The van der Waals surface area contributed by atoms with E-state index in [0.717, 1.165) is 42.1 Å². The maximum absolute atomic E-state index is 15.2. The lowest BCUT2D eigenvalue weighted by Gasteiger charge is -2.40. The predicted molar refractivity (Wildman–Crippen MR) is 203 cm³/mol. The van der Waals surface area contributed by atoms with Gasteiger partial charge in [0.15, 0.2) is 0 Å². The monoisotopic (exact) mass is 750 g/mol. The van der Waals surface area contributed by atoms with E-state index in [-0.39, 0.29) is 40.1 Å². The summed E-state index contributed by atoms with van der Waals surface area (Å²) >= 11 is 0. The third-order valence-corrected chi connectivity index (χ3v) is 11.0. The maximum atomic E-state index is 15.2. The van der Waals surface area contributed by atoms with Crippen molar-refractivity contribution in [3.8, 4) is 17.0 Å². The van der Waals surface area contributed by atoms with Gasteiger partial charge in [-0.2, -0.15) is 0 Å². The van der Waals surface area contributed by atoms with Gasteiger partial charge in [0.2, 0.25) is 0 Å². The first kappa shape index (κ1) is 36.3. The van der Waals surface area contributed by atoms with Crippen LogP contribution >= 0.6 is 0 Å². The highest BCUT2D eigenvalue weighted by Gasteiger charge is 2.36. The Hall–Kier alpha value is -5.66. The summed E-state index contributed by atoms with van der Waals surface area (Å²) in [6.07, 6.45) is -0.274. The molecular formula is C42H41F3N6O4. The third kappa shape index (κ3) is 6.94. The Bertz CT molecular complexity index is 2250. The molecule has 284 valence electrons. The highest BCUT2D eigenvalue weighted by atomic mass is 19.3. The molecule has 10 nitrogen and oxygen atoms in total. The number of phenolic OH excluding ortho intramolecular Hbond substituents is 1. The average molecular weight is 751 g/mol. The van der Waals surface area contributed by atoms with E-state index in [2.05, 4.69) is 16.0 Å². The van der Waals surface area contributed by atoms with Gasteiger partial charge in [-0.15, -0.1) is 0 Å². The highest BCUT2D eigenvalue weighted by Crippen LogP contribution is 2.39. The molecule has 0 spiro atoms. The molecule has 5 heterocycles. The molecule has 1 N–H and O–H groups in total. The molecule has 3 aromatic carbocycles. The van der Waals surface area contributed by atoms with Crippen molar-refractivity contribution in [1.29, 1.82) is 0 Å². The van der Waals surface area contributed by atoms with Gasteiger partial charge in [0.1, 0.15) is 17.4 Å². The number of alkyl halides is 2. The van der Waals surface area contributed by atoms with Crippen molar-refractivity contribution >= 4 is 29.0 Å². The van der Waals surface area contributed by atoms with E-state index < -0.39 is 23.8 Å². The zero-order valence-electron chi connectivity index (χ0n) is 30.6. The molecule has 1 atom stereocenters. The van der Waals surface area contributed by atoms with E-state index >= 15 is 13.2 Å². The first-order valence-electron chi connectivity index (χ1n) is 18.4. The second-order valence-corrected chi connectivity index (χ2v) is 14.4. The predicted octanol–water partition coefficient (Wildman–Crippen LogP) is 6.74. The van der Waals surface area contributed by atoms with Crippen LogP contribution in [-0.4, -0.2) is 88.8 Å². The van der Waals surface area contributed by atoms with Gasteiger partial charge in [-0.3, -0.25) is 19.4 Å². The van der Waals surface area contributed by atoms with E-state index in [9.17, 15) is 14.7 Å². The quantitative estimate of drug-likeness (QED) is 0.188. The number of rotatable bonds is 8. The summed E-state index contributed by atoms with van der Waals surface area (Å²) in [5, 5.41) is 10.0. The molecule has 0 bridgehead atoms. The van der Waals surface area contributed by atoms with Gasteiger partial charge < -0.3 is 24.2 Å². The number of anilines is 3. The van der Waals surface area contributed by atoms with Gasteiger partial charge in [-0.25, -0.2) is 18.2 Å². The van der Waals surface area contributed by atoms with Crippen LogP contribution < -0.4 is 9.80 Å². The number of fused-ring (bicyclic) bond motifs is 2. The topological polar surface area (TPSA) is 94.4 Å². The molecular weight excluding hydrogens is 709 g/mol. The molecule has 1 fully saturated rings. The molecule has 2 amide bonds. The fourth-order valence-corrected chi connectivity index (χ4v) is 8.09. The molecule has 0 radical (unpaired) electrons. The number of aromatic hydroxyl groups is 1. The molecule has 8 rings (SSSR count). The summed E-state index contributed by atoms with van der Waals surface area (Å²) < 4.78 is 52.3. The van der Waals surface area contributed by atoms with Crippen molar-refractivity contribution in [2.24, 2.45) is 7.05 Å². The lowest BCUT2D eigenvalue weighted by molar-refractivity contribution is 0.0193. The average Bonchev–Trinajstić information content (AvgIpc) is 3.74. The van der Waals surface area contributed by atoms with Crippen molar-refractivity contribution < 1.29 is 32.6 Å². The normalized spacial score (nSPS) is 17.0. The first-order chi connectivity index (χ1) is 26.6. The van der Waals surface area contributed by atoms with Crippen LogP contribution in [0.1, 0.15) is 49.5 Å². The van der Waals surface area contributed by atoms with Crippen molar-refractivity contribution in [3.63, 3.8) is 0 Å². The molecule has 1 saturated heterocycles. The molecule has 3 aliphatic heterocycles. The number of morpholine rings is 1. The number of amides is 2. The van der Waals surface area contributed by atoms with Crippen molar-refractivity contribution in [2.75, 3.05) is 56.2 Å². The van der Waals surface area contributed by atoms with Crippen molar-refractivity contribution in [2.45, 2.75) is 31.9 Å². The lowest BCUT2D eigenvalue weighted by atomic mass is 9.92. The number of hydrogen-bond acceptors (Lipinski definition) is 7. The fraction of sp³-hybridized carbons (Fsp3) is 0.310. The molecule has 2 aromatic heterocycles.